The number of H-pyrrole nitrogens is 1. The monoisotopic (exact) mass is 347 g/mol. The van der Waals surface area contributed by atoms with E-state index in [0.29, 0.717) is 16.4 Å². The van der Waals surface area contributed by atoms with E-state index < -0.39 is 0 Å². The minimum atomic E-state index is -0.189. The van der Waals surface area contributed by atoms with Crippen LogP contribution in [0.5, 0.6) is 0 Å². The highest BCUT2D eigenvalue weighted by molar-refractivity contribution is 6.30. The molecule has 3 aromatic carbocycles. The van der Waals surface area contributed by atoms with Crippen LogP contribution in [0.25, 0.3) is 22.0 Å². The molecule has 4 aromatic rings. The predicted molar refractivity (Wildman–Crippen MR) is 101 cm³/mol. The average Bonchev–Trinajstić information content (AvgIpc) is 3.10. The molecule has 4 nitrogen and oxygen atoms in total. The van der Waals surface area contributed by atoms with Crippen LogP contribution in [0.2, 0.25) is 5.02 Å². The maximum Gasteiger partial charge on any atom is 0.257 e. The van der Waals surface area contributed by atoms with Crippen LogP contribution >= 0.6 is 11.6 Å². The summed E-state index contributed by atoms with van der Waals surface area (Å²) in [5.41, 5.74) is 2.38. The van der Waals surface area contributed by atoms with Gasteiger partial charge in [-0.15, -0.1) is 0 Å². The highest BCUT2D eigenvalue weighted by Gasteiger charge is 2.12. The number of aromatic nitrogens is 2. The largest absolute Gasteiger partial charge is 0.305 e. The molecule has 0 saturated heterocycles. The molecule has 0 radical (unpaired) electrons. The Kier molecular flexibility index (Phi) is 3.96. The van der Waals surface area contributed by atoms with E-state index in [4.69, 9.17) is 11.6 Å². The molecule has 0 spiro atoms. The van der Waals surface area contributed by atoms with Gasteiger partial charge in [0, 0.05) is 16.7 Å². The first-order valence-electron chi connectivity index (χ1n) is 7.81. The number of fused-ring (bicyclic) bond motifs is 1. The van der Waals surface area contributed by atoms with Gasteiger partial charge in [0.05, 0.1) is 5.69 Å². The standard InChI is InChI=1S/C20H14ClN3O/c21-15-10-8-14(9-11-15)18-12-19(24-23-18)22-20(25)17-7-3-5-13-4-1-2-6-16(13)17/h1-12H,(H2,22,23,24,25). The number of amides is 1. The maximum atomic E-state index is 12.6. The fourth-order valence-corrected chi connectivity index (χ4v) is 2.90. The van der Waals surface area contributed by atoms with Crippen molar-refractivity contribution in [3.63, 3.8) is 0 Å². The second kappa shape index (κ2) is 6.42. The molecule has 0 aliphatic carbocycles. The summed E-state index contributed by atoms with van der Waals surface area (Å²) in [6.07, 6.45) is 0. The first-order chi connectivity index (χ1) is 12.2. The molecule has 0 fully saturated rings. The van der Waals surface area contributed by atoms with Gasteiger partial charge in [0.2, 0.25) is 0 Å². The van der Waals surface area contributed by atoms with Crippen molar-refractivity contribution in [3.05, 3.63) is 83.4 Å². The lowest BCUT2D eigenvalue weighted by molar-refractivity contribution is 0.102. The molecule has 1 aromatic heterocycles. The van der Waals surface area contributed by atoms with Crippen molar-refractivity contribution in [2.45, 2.75) is 0 Å². The molecule has 0 aliphatic rings. The third kappa shape index (κ3) is 3.12. The second-order valence-corrected chi connectivity index (χ2v) is 6.09. The van der Waals surface area contributed by atoms with Crippen LogP contribution in [0.3, 0.4) is 0 Å². The Labute approximate surface area is 149 Å². The summed E-state index contributed by atoms with van der Waals surface area (Å²) >= 11 is 5.91. The predicted octanol–water partition coefficient (Wildman–Crippen LogP) is 5.14. The molecule has 4 rings (SSSR count). The van der Waals surface area contributed by atoms with Gasteiger partial charge in [0.1, 0.15) is 0 Å². The number of anilines is 1. The van der Waals surface area contributed by atoms with E-state index in [9.17, 15) is 4.79 Å². The highest BCUT2D eigenvalue weighted by atomic mass is 35.5. The van der Waals surface area contributed by atoms with Crippen molar-refractivity contribution < 1.29 is 4.79 Å². The number of hydrogen-bond donors (Lipinski definition) is 2. The number of rotatable bonds is 3. The molecule has 0 saturated carbocycles. The van der Waals surface area contributed by atoms with Crippen LogP contribution in [0, 0.1) is 0 Å². The number of nitrogens with one attached hydrogen (secondary N) is 2. The van der Waals surface area contributed by atoms with E-state index in [2.05, 4.69) is 15.5 Å². The van der Waals surface area contributed by atoms with Gasteiger partial charge in [-0.05, 0) is 34.5 Å². The van der Waals surface area contributed by atoms with Crippen LogP contribution in [0.4, 0.5) is 5.82 Å². The minimum absolute atomic E-state index is 0.189. The minimum Gasteiger partial charge on any atom is -0.305 e. The smallest absolute Gasteiger partial charge is 0.257 e. The van der Waals surface area contributed by atoms with Gasteiger partial charge in [-0.25, -0.2) is 0 Å². The molecule has 25 heavy (non-hydrogen) atoms. The van der Waals surface area contributed by atoms with E-state index in [1.54, 1.807) is 6.07 Å². The number of aromatic amines is 1. The zero-order valence-corrected chi connectivity index (χ0v) is 13.9. The van der Waals surface area contributed by atoms with Crippen molar-refractivity contribution in [2.75, 3.05) is 5.32 Å². The third-order valence-corrected chi connectivity index (χ3v) is 4.26. The SMILES string of the molecule is O=C(Nc1cc(-c2ccc(Cl)cc2)[nH]n1)c1cccc2ccccc12. The van der Waals surface area contributed by atoms with E-state index in [-0.39, 0.29) is 5.91 Å². The molecule has 122 valence electrons. The van der Waals surface area contributed by atoms with Gasteiger partial charge in [0.25, 0.3) is 5.91 Å². The Morgan fingerprint density at radius 1 is 0.960 bits per heavy atom. The second-order valence-electron chi connectivity index (χ2n) is 5.65. The van der Waals surface area contributed by atoms with Crippen LogP contribution in [-0.4, -0.2) is 16.1 Å². The zero-order valence-electron chi connectivity index (χ0n) is 13.2. The van der Waals surface area contributed by atoms with Crippen molar-refractivity contribution in [2.24, 2.45) is 0 Å². The zero-order chi connectivity index (χ0) is 17.2. The summed E-state index contributed by atoms with van der Waals surface area (Å²) in [6.45, 7) is 0. The fourth-order valence-electron chi connectivity index (χ4n) is 2.77. The molecule has 2 N–H and O–H groups in total. The van der Waals surface area contributed by atoms with Crippen molar-refractivity contribution in [1.29, 1.82) is 0 Å². The van der Waals surface area contributed by atoms with Gasteiger partial charge in [-0.1, -0.05) is 60.1 Å². The Bertz CT molecular complexity index is 1050. The number of hydrogen-bond acceptors (Lipinski definition) is 2. The average molecular weight is 348 g/mol. The number of carbonyl (C=O) groups excluding carboxylic acids is 1. The summed E-state index contributed by atoms with van der Waals surface area (Å²) in [6, 6.07) is 22.7. The van der Waals surface area contributed by atoms with Crippen LogP contribution in [-0.2, 0) is 0 Å². The summed E-state index contributed by atoms with van der Waals surface area (Å²) in [7, 11) is 0. The van der Waals surface area contributed by atoms with E-state index in [1.807, 2.05) is 66.7 Å². The molecule has 0 atom stereocenters. The third-order valence-electron chi connectivity index (χ3n) is 4.01. The summed E-state index contributed by atoms with van der Waals surface area (Å²) in [5.74, 6) is 0.286. The molecule has 5 heteroatoms. The first kappa shape index (κ1) is 15.4. The lowest BCUT2D eigenvalue weighted by Crippen LogP contribution is -2.12. The van der Waals surface area contributed by atoms with Gasteiger partial charge < -0.3 is 5.32 Å². The highest BCUT2D eigenvalue weighted by Crippen LogP contribution is 2.23. The van der Waals surface area contributed by atoms with Crippen LogP contribution in [0.15, 0.2) is 72.8 Å². The Morgan fingerprint density at radius 3 is 2.56 bits per heavy atom. The molecule has 0 unspecified atom stereocenters. The van der Waals surface area contributed by atoms with E-state index >= 15 is 0 Å². The van der Waals surface area contributed by atoms with E-state index in [0.717, 1.165) is 22.0 Å². The number of carbonyl (C=O) groups is 1. The van der Waals surface area contributed by atoms with Crippen molar-refractivity contribution >= 4 is 34.1 Å². The van der Waals surface area contributed by atoms with Gasteiger partial charge in [-0.2, -0.15) is 5.10 Å². The first-order valence-corrected chi connectivity index (χ1v) is 8.19. The number of nitrogens with zero attached hydrogens (tertiary/aromatic N) is 1. The molecular formula is C20H14ClN3O. The quantitative estimate of drug-likeness (QED) is 0.539. The van der Waals surface area contributed by atoms with Crippen LogP contribution in [0.1, 0.15) is 10.4 Å². The number of halogens is 1. The van der Waals surface area contributed by atoms with Gasteiger partial charge >= 0.3 is 0 Å². The maximum absolute atomic E-state index is 12.6. The topological polar surface area (TPSA) is 57.8 Å². The Balaban J connectivity index is 1.60. The molecule has 1 heterocycles. The van der Waals surface area contributed by atoms with Crippen molar-refractivity contribution in [3.8, 4) is 11.3 Å². The molecular weight excluding hydrogens is 334 g/mol. The van der Waals surface area contributed by atoms with Gasteiger partial charge in [0.15, 0.2) is 5.82 Å². The van der Waals surface area contributed by atoms with E-state index in [1.165, 1.54) is 0 Å². The molecule has 0 aliphatic heterocycles. The summed E-state index contributed by atoms with van der Waals surface area (Å²) in [4.78, 5) is 12.6. The lowest BCUT2D eigenvalue weighted by Gasteiger charge is -2.06. The van der Waals surface area contributed by atoms with Crippen LogP contribution < -0.4 is 5.32 Å². The Morgan fingerprint density at radius 2 is 1.72 bits per heavy atom. The van der Waals surface area contributed by atoms with Crippen molar-refractivity contribution in [1.82, 2.24) is 10.2 Å². The Hall–Kier alpha value is -3.11. The molecule has 1 amide bonds. The van der Waals surface area contributed by atoms with Gasteiger partial charge in [-0.3, -0.25) is 9.89 Å². The summed E-state index contributed by atoms with van der Waals surface area (Å²) < 4.78 is 0. The lowest BCUT2D eigenvalue weighted by atomic mass is 10.0. The normalized spacial score (nSPS) is 10.8. The number of benzene rings is 3. The summed E-state index contributed by atoms with van der Waals surface area (Å²) in [5, 5.41) is 12.6. The fraction of sp³-hybridized carbons (Fsp3) is 0. The molecule has 0 bridgehead atoms.